The van der Waals surface area contributed by atoms with Gasteiger partial charge in [-0.05, 0) is 54.6 Å². The third-order valence-corrected chi connectivity index (χ3v) is 6.27. The number of piperidine rings is 1. The molecule has 3 nitrogen and oxygen atoms in total. The first-order valence-electron chi connectivity index (χ1n) is 8.94. The molecule has 2 atom stereocenters. The maximum atomic E-state index is 14.5. The number of rotatable bonds is 5. The van der Waals surface area contributed by atoms with Crippen LogP contribution < -0.4 is 0 Å². The van der Waals surface area contributed by atoms with Crippen molar-refractivity contribution >= 4 is 36.0 Å². The zero-order chi connectivity index (χ0) is 18.1. The van der Waals surface area contributed by atoms with Crippen molar-refractivity contribution in [2.24, 2.45) is 5.92 Å². The largest absolute Gasteiger partial charge is 0.297 e. The Hall–Kier alpha value is -1.50. The van der Waals surface area contributed by atoms with E-state index in [1.165, 1.54) is 17.6 Å². The van der Waals surface area contributed by atoms with Gasteiger partial charge in [-0.1, -0.05) is 18.2 Å². The molecule has 1 aliphatic heterocycles. The van der Waals surface area contributed by atoms with Crippen molar-refractivity contribution in [1.82, 2.24) is 9.27 Å². The average molecular weight is 389 g/mol. The average Bonchev–Trinajstić information content (AvgIpc) is 3.37. The maximum absolute atomic E-state index is 14.5. The lowest BCUT2D eigenvalue weighted by Gasteiger charge is -2.37. The second-order valence-corrected chi connectivity index (χ2v) is 8.31. The number of ketones is 1. The first-order chi connectivity index (χ1) is 12.6. The molecule has 1 saturated carbocycles. The van der Waals surface area contributed by atoms with Gasteiger partial charge in [0.25, 0.3) is 0 Å². The second kappa shape index (κ2) is 7.62. The minimum Gasteiger partial charge on any atom is -0.297 e. The van der Waals surface area contributed by atoms with Gasteiger partial charge in [0.15, 0.2) is 5.78 Å². The van der Waals surface area contributed by atoms with Gasteiger partial charge in [-0.15, -0.1) is 0 Å². The van der Waals surface area contributed by atoms with Crippen molar-refractivity contribution in [1.29, 1.82) is 0 Å². The molecule has 0 spiro atoms. The first kappa shape index (κ1) is 17.9. The van der Waals surface area contributed by atoms with E-state index in [1.807, 2.05) is 17.5 Å². The molecule has 0 N–H and O–H groups in total. The van der Waals surface area contributed by atoms with E-state index in [1.54, 1.807) is 12.1 Å². The molecule has 2 heterocycles. The summed E-state index contributed by atoms with van der Waals surface area (Å²) in [5, 5.41) is 2.09. The van der Waals surface area contributed by atoms with Crippen LogP contribution in [0.4, 0.5) is 4.39 Å². The number of hydrogen-bond donors (Lipinski definition) is 1. The van der Waals surface area contributed by atoms with E-state index in [4.69, 9.17) is 12.6 Å². The predicted molar refractivity (Wildman–Crippen MR) is 106 cm³/mol. The molecule has 136 valence electrons. The molecule has 1 aromatic carbocycles. The van der Waals surface area contributed by atoms with E-state index >= 15 is 0 Å². The van der Waals surface area contributed by atoms with Gasteiger partial charge in [0, 0.05) is 35.2 Å². The normalized spacial score (nSPS) is 23.9. The lowest BCUT2D eigenvalue weighted by atomic mass is 9.93. The van der Waals surface area contributed by atoms with Gasteiger partial charge in [0.05, 0.1) is 11.7 Å². The summed E-state index contributed by atoms with van der Waals surface area (Å²) in [5.74, 6) is -0.0652. The van der Waals surface area contributed by atoms with Gasteiger partial charge in [0.2, 0.25) is 0 Å². The lowest BCUT2D eigenvalue weighted by Crippen LogP contribution is -2.42. The molecule has 2 aliphatic rings. The van der Waals surface area contributed by atoms with Crippen LogP contribution in [0.5, 0.6) is 0 Å². The Morgan fingerprint density at radius 1 is 1.31 bits per heavy atom. The van der Waals surface area contributed by atoms with Crippen LogP contribution in [0.25, 0.3) is 6.08 Å². The van der Waals surface area contributed by atoms with E-state index in [-0.39, 0.29) is 22.8 Å². The van der Waals surface area contributed by atoms with Crippen LogP contribution in [0, 0.1) is 11.7 Å². The summed E-state index contributed by atoms with van der Waals surface area (Å²) < 4.78 is 18.8. The van der Waals surface area contributed by atoms with E-state index in [2.05, 4.69) is 15.3 Å². The summed E-state index contributed by atoms with van der Waals surface area (Å²) in [6, 6.07) is 8.13. The van der Waals surface area contributed by atoms with Crippen LogP contribution >= 0.6 is 24.2 Å². The Labute approximate surface area is 162 Å². The Balaban J connectivity index is 1.65. The summed E-state index contributed by atoms with van der Waals surface area (Å²) in [5.41, 5.74) is 2.55. The van der Waals surface area contributed by atoms with E-state index in [0.717, 1.165) is 37.1 Å². The summed E-state index contributed by atoms with van der Waals surface area (Å²) in [6.07, 6.45) is 4.74. The first-order valence-corrected chi connectivity index (χ1v) is 10.3. The van der Waals surface area contributed by atoms with Crippen LogP contribution in [0.1, 0.15) is 36.6 Å². The fourth-order valence-electron chi connectivity index (χ4n) is 3.56. The third-order valence-electron chi connectivity index (χ3n) is 5.11. The highest BCUT2D eigenvalue weighted by molar-refractivity contribution is 7.81. The van der Waals surface area contributed by atoms with Crippen molar-refractivity contribution in [2.75, 3.05) is 13.1 Å². The van der Waals surface area contributed by atoms with Gasteiger partial charge >= 0.3 is 0 Å². The number of aromatic nitrogens is 1. The molecule has 2 aromatic rings. The van der Waals surface area contributed by atoms with Crippen LogP contribution in [0.2, 0.25) is 0 Å². The lowest BCUT2D eigenvalue weighted by molar-refractivity contribution is -0.126. The number of thiol groups is 1. The highest BCUT2D eigenvalue weighted by atomic mass is 32.1. The van der Waals surface area contributed by atoms with Gasteiger partial charge in [-0.2, -0.15) is 17.0 Å². The highest BCUT2D eigenvalue weighted by Gasteiger charge is 2.40. The number of Topliss-reactive ketones (excluding diaryl/α,β-unsaturated/α-hetero) is 1. The summed E-state index contributed by atoms with van der Waals surface area (Å²) in [4.78, 5) is 15.1. The monoisotopic (exact) mass is 388 g/mol. The number of carbonyl (C=O) groups is 1. The van der Waals surface area contributed by atoms with Gasteiger partial charge < -0.3 is 0 Å². The minimum atomic E-state index is -0.511. The Kier molecular flexibility index (Phi) is 5.25. The summed E-state index contributed by atoms with van der Waals surface area (Å²) in [6.45, 7) is 1.35. The van der Waals surface area contributed by atoms with Crippen LogP contribution in [-0.4, -0.2) is 33.4 Å². The van der Waals surface area contributed by atoms with E-state index in [9.17, 15) is 9.18 Å². The molecule has 1 saturated heterocycles. The maximum Gasteiger partial charge on any atom is 0.157 e. The zero-order valence-electron chi connectivity index (χ0n) is 14.3. The Morgan fingerprint density at radius 3 is 2.81 bits per heavy atom. The highest BCUT2D eigenvalue weighted by Crippen LogP contribution is 2.39. The van der Waals surface area contributed by atoms with Crippen molar-refractivity contribution in [3.8, 4) is 0 Å². The molecular weight excluding hydrogens is 367 g/mol. The molecule has 2 fully saturated rings. The van der Waals surface area contributed by atoms with Gasteiger partial charge in [-0.3, -0.25) is 9.69 Å². The Morgan fingerprint density at radius 2 is 2.12 bits per heavy atom. The summed E-state index contributed by atoms with van der Waals surface area (Å²) in [7, 11) is 0. The second-order valence-electron chi connectivity index (χ2n) is 7.02. The Bertz CT molecular complexity index is 817. The van der Waals surface area contributed by atoms with Crippen LogP contribution in [-0.2, 0) is 4.79 Å². The molecule has 1 aromatic heterocycles. The van der Waals surface area contributed by atoms with E-state index < -0.39 is 6.04 Å². The molecule has 6 heteroatoms. The third kappa shape index (κ3) is 3.77. The molecule has 4 rings (SSSR count). The van der Waals surface area contributed by atoms with Gasteiger partial charge in [0.1, 0.15) is 5.82 Å². The standard InChI is InChI=1S/C20H21FN2OS2/c21-17-4-2-1-3-16(17)19(20(24)13-5-6-13)23-9-7-18(25)14(12-23)11-15-8-10-26-22-15/h1-4,8,10-11,13,18-19,25H,5-7,9,12H2/b14-11+. The number of hydrogen-bond acceptors (Lipinski definition) is 5. The topological polar surface area (TPSA) is 33.2 Å². The van der Waals surface area contributed by atoms with Crippen molar-refractivity contribution in [2.45, 2.75) is 30.6 Å². The number of halogens is 1. The van der Waals surface area contributed by atoms with Gasteiger partial charge in [-0.25, -0.2) is 4.39 Å². The molecule has 0 amide bonds. The SMILES string of the molecule is O=C(C1CC1)C(c1ccccc1F)N1CCC(S)/C(=C/c2ccsn2)C1. The smallest absolute Gasteiger partial charge is 0.157 e. The fourth-order valence-corrected chi connectivity index (χ4v) is 4.33. The molecular formula is C20H21FN2OS2. The van der Waals surface area contributed by atoms with Crippen LogP contribution in [0.3, 0.4) is 0 Å². The summed E-state index contributed by atoms with van der Waals surface area (Å²) >= 11 is 6.13. The predicted octanol–water partition coefficient (Wildman–Crippen LogP) is 4.39. The number of nitrogens with zero attached hydrogens (tertiary/aromatic N) is 2. The van der Waals surface area contributed by atoms with Crippen molar-refractivity contribution in [3.05, 3.63) is 58.4 Å². The zero-order valence-corrected chi connectivity index (χ0v) is 16.1. The fraction of sp³-hybridized carbons (Fsp3) is 0.400. The van der Waals surface area contributed by atoms with Crippen molar-refractivity contribution < 1.29 is 9.18 Å². The molecule has 1 aliphatic carbocycles. The van der Waals surface area contributed by atoms with Crippen molar-refractivity contribution in [3.63, 3.8) is 0 Å². The number of carbonyl (C=O) groups excluding carboxylic acids is 1. The molecule has 2 unspecified atom stereocenters. The van der Waals surface area contributed by atoms with Crippen LogP contribution in [0.15, 0.2) is 41.3 Å². The molecule has 0 radical (unpaired) electrons. The number of likely N-dealkylation sites (tertiary alicyclic amines) is 1. The number of benzene rings is 1. The quantitative estimate of drug-likeness (QED) is 0.771. The molecule has 26 heavy (non-hydrogen) atoms. The van der Waals surface area contributed by atoms with E-state index in [0.29, 0.717) is 12.1 Å². The minimum absolute atomic E-state index is 0.0827. The molecule has 0 bridgehead atoms.